The minimum absolute atomic E-state index is 0.247. The lowest BCUT2D eigenvalue weighted by Gasteiger charge is -2.07. The molecule has 1 saturated carbocycles. The van der Waals surface area contributed by atoms with Gasteiger partial charge in [0.1, 0.15) is 10.2 Å². The summed E-state index contributed by atoms with van der Waals surface area (Å²) in [6, 6.07) is 0.388. The van der Waals surface area contributed by atoms with Crippen LogP contribution in [0.4, 0.5) is 0 Å². The van der Waals surface area contributed by atoms with Crippen molar-refractivity contribution in [2.75, 3.05) is 0 Å². The second kappa shape index (κ2) is 3.73. The van der Waals surface area contributed by atoms with E-state index in [0.717, 1.165) is 12.8 Å². The Hall–Kier alpha value is -0.840. The summed E-state index contributed by atoms with van der Waals surface area (Å²) in [4.78, 5) is 10.8. The summed E-state index contributed by atoms with van der Waals surface area (Å²) in [6.45, 7) is 0. The lowest BCUT2D eigenvalue weighted by molar-refractivity contribution is 0.0696. The van der Waals surface area contributed by atoms with E-state index in [0.29, 0.717) is 10.6 Å². The van der Waals surface area contributed by atoms with Gasteiger partial charge in [-0.2, -0.15) is 5.10 Å². The van der Waals surface area contributed by atoms with E-state index >= 15 is 0 Å². The van der Waals surface area contributed by atoms with E-state index in [1.54, 1.807) is 10.9 Å². The van der Waals surface area contributed by atoms with Gasteiger partial charge in [-0.3, -0.25) is 4.68 Å². The maximum atomic E-state index is 10.8. The molecule has 0 aliphatic heterocycles. The summed E-state index contributed by atoms with van der Waals surface area (Å²) >= 11 is 3.15. The molecule has 2 rings (SSSR count). The molecule has 0 bridgehead atoms. The highest BCUT2D eigenvalue weighted by atomic mass is 79.9. The predicted molar refractivity (Wildman–Crippen MR) is 54.4 cm³/mol. The number of halogens is 1. The summed E-state index contributed by atoms with van der Waals surface area (Å²) < 4.78 is 2.21. The van der Waals surface area contributed by atoms with Crippen LogP contribution < -0.4 is 0 Å². The number of nitrogens with zero attached hydrogens (tertiary/aromatic N) is 2. The molecule has 5 heteroatoms. The third-order valence-electron chi connectivity index (χ3n) is 2.62. The first kappa shape index (κ1) is 9.71. The third kappa shape index (κ3) is 1.68. The Balaban J connectivity index is 2.27. The zero-order chi connectivity index (χ0) is 10.1. The Morgan fingerprint density at radius 3 is 2.71 bits per heavy atom. The number of aromatic nitrogens is 2. The maximum absolute atomic E-state index is 10.8. The molecule has 0 saturated heterocycles. The van der Waals surface area contributed by atoms with Gasteiger partial charge in [-0.25, -0.2) is 4.79 Å². The van der Waals surface area contributed by atoms with Crippen LogP contribution in [-0.2, 0) is 0 Å². The van der Waals surface area contributed by atoms with Crippen molar-refractivity contribution in [3.63, 3.8) is 0 Å². The predicted octanol–water partition coefficient (Wildman–Crippen LogP) is 2.46. The van der Waals surface area contributed by atoms with Crippen molar-refractivity contribution in [2.24, 2.45) is 0 Å². The number of carboxylic acids is 1. The minimum atomic E-state index is -0.930. The SMILES string of the molecule is O=C(O)c1cn(C2CCCC2)nc1Br. The van der Waals surface area contributed by atoms with Gasteiger partial charge in [0.05, 0.1) is 6.04 Å². The van der Waals surface area contributed by atoms with Gasteiger partial charge >= 0.3 is 5.97 Å². The van der Waals surface area contributed by atoms with Crippen molar-refractivity contribution < 1.29 is 9.90 Å². The molecule has 0 radical (unpaired) electrons. The molecule has 1 N–H and O–H groups in total. The van der Waals surface area contributed by atoms with Gasteiger partial charge in [0, 0.05) is 6.20 Å². The van der Waals surface area contributed by atoms with Crippen LogP contribution in [0, 0.1) is 0 Å². The van der Waals surface area contributed by atoms with Crippen molar-refractivity contribution in [2.45, 2.75) is 31.7 Å². The topological polar surface area (TPSA) is 55.1 Å². The van der Waals surface area contributed by atoms with Crippen molar-refractivity contribution in [1.29, 1.82) is 0 Å². The molecule has 1 aliphatic rings. The smallest absolute Gasteiger partial charge is 0.340 e. The fourth-order valence-corrected chi connectivity index (χ4v) is 2.32. The summed E-state index contributed by atoms with van der Waals surface area (Å²) in [6.07, 6.45) is 6.25. The monoisotopic (exact) mass is 258 g/mol. The molecule has 4 nitrogen and oxygen atoms in total. The molecule has 0 unspecified atom stereocenters. The first-order chi connectivity index (χ1) is 6.68. The number of carbonyl (C=O) groups is 1. The highest BCUT2D eigenvalue weighted by Gasteiger charge is 2.21. The Labute approximate surface area is 90.0 Å². The fourth-order valence-electron chi connectivity index (χ4n) is 1.87. The largest absolute Gasteiger partial charge is 0.478 e. The summed E-state index contributed by atoms with van der Waals surface area (Å²) in [5, 5.41) is 13.0. The Morgan fingerprint density at radius 1 is 1.57 bits per heavy atom. The van der Waals surface area contributed by atoms with Gasteiger partial charge in [-0.15, -0.1) is 0 Å². The average Bonchev–Trinajstić information content (AvgIpc) is 2.70. The number of carboxylic acid groups (broad SMARTS) is 1. The third-order valence-corrected chi connectivity index (χ3v) is 3.20. The van der Waals surface area contributed by atoms with E-state index in [-0.39, 0.29) is 5.56 Å². The molecule has 1 aliphatic carbocycles. The van der Waals surface area contributed by atoms with Gasteiger partial charge in [-0.1, -0.05) is 12.8 Å². The molecule has 1 fully saturated rings. The molecule has 14 heavy (non-hydrogen) atoms. The minimum Gasteiger partial charge on any atom is -0.478 e. The van der Waals surface area contributed by atoms with E-state index in [1.807, 2.05) is 0 Å². The molecule has 0 amide bonds. The second-order valence-electron chi connectivity index (χ2n) is 3.56. The average molecular weight is 259 g/mol. The van der Waals surface area contributed by atoms with Gasteiger partial charge in [0.15, 0.2) is 0 Å². The molecule has 0 atom stereocenters. The van der Waals surface area contributed by atoms with Gasteiger partial charge < -0.3 is 5.11 Å². The summed E-state index contributed by atoms with van der Waals surface area (Å²) in [7, 11) is 0. The molecular weight excluding hydrogens is 248 g/mol. The van der Waals surface area contributed by atoms with E-state index in [4.69, 9.17) is 5.11 Å². The van der Waals surface area contributed by atoms with Gasteiger partial charge in [0.25, 0.3) is 0 Å². The van der Waals surface area contributed by atoms with Crippen molar-refractivity contribution >= 4 is 21.9 Å². The van der Waals surface area contributed by atoms with Crippen LogP contribution in [0.2, 0.25) is 0 Å². The lowest BCUT2D eigenvalue weighted by Crippen LogP contribution is -2.04. The molecule has 1 aromatic heterocycles. The van der Waals surface area contributed by atoms with E-state index < -0.39 is 5.97 Å². The summed E-state index contributed by atoms with van der Waals surface area (Å²) in [5.41, 5.74) is 0.247. The Bertz CT molecular complexity index is 356. The van der Waals surface area contributed by atoms with Crippen LogP contribution in [0.15, 0.2) is 10.8 Å². The van der Waals surface area contributed by atoms with Crippen LogP contribution >= 0.6 is 15.9 Å². The van der Waals surface area contributed by atoms with Crippen LogP contribution in [0.1, 0.15) is 42.1 Å². The standard InChI is InChI=1S/C9H11BrN2O2/c10-8-7(9(13)14)5-12(11-8)6-3-1-2-4-6/h5-6H,1-4H2,(H,13,14). The molecule has 0 spiro atoms. The van der Waals surface area contributed by atoms with E-state index in [2.05, 4.69) is 21.0 Å². The molecule has 1 aromatic rings. The number of hydrogen-bond acceptors (Lipinski definition) is 2. The van der Waals surface area contributed by atoms with E-state index in [9.17, 15) is 4.79 Å². The highest BCUT2D eigenvalue weighted by Crippen LogP contribution is 2.30. The quantitative estimate of drug-likeness (QED) is 0.887. The van der Waals surface area contributed by atoms with Gasteiger partial charge in [-0.05, 0) is 28.8 Å². The highest BCUT2D eigenvalue weighted by molar-refractivity contribution is 9.10. The van der Waals surface area contributed by atoms with Crippen LogP contribution in [0.25, 0.3) is 0 Å². The number of hydrogen-bond donors (Lipinski definition) is 1. The fraction of sp³-hybridized carbons (Fsp3) is 0.556. The zero-order valence-electron chi connectivity index (χ0n) is 7.61. The van der Waals surface area contributed by atoms with Crippen LogP contribution in [0.3, 0.4) is 0 Å². The Kier molecular flexibility index (Phi) is 2.58. The lowest BCUT2D eigenvalue weighted by atomic mass is 10.2. The van der Waals surface area contributed by atoms with Crippen molar-refractivity contribution in [3.8, 4) is 0 Å². The molecule has 1 heterocycles. The Morgan fingerprint density at radius 2 is 2.21 bits per heavy atom. The van der Waals surface area contributed by atoms with Crippen LogP contribution in [-0.4, -0.2) is 20.9 Å². The van der Waals surface area contributed by atoms with E-state index in [1.165, 1.54) is 12.8 Å². The number of aromatic carboxylic acids is 1. The molecule has 76 valence electrons. The summed E-state index contributed by atoms with van der Waals surface area (Å²) in [5.74, 6) is -0.930. The number of rotatable bonds is 2. The normalized spacial score (nSPS) is 17.5. The van der Waals surface area contributed by atoms with Crippen molar-refractivity contribution in [3.05, 3.63) is 16.4 Å². The maximum Gasteiger partial charge on any atom is 0.340 e. The van der Waals surface area contributed by atoms with Crippen LogP contribution in [0.5, 0.6) is 0 Å². The first-order valence-electron chi connectivity index (χ1n) is 4.66. The molecule has 0 aromatic carbocycles. The van der Waals surface area contributed by atoms with Gasteiger partial charge in [0.2, 0.25) is 0 Å². The van der Waals surface area contributed by atoms with Crippen molar-refractivity contribution in [1.82, 2.24) is 9.78 Å². The zero-order valence-corrected chi connectivity index (χ0v) is 9.20. The second-order valence-corrected chi connectivity index (χ2v) is 4.31. The first-order valence-corrected chi connectivity index (χ1v) is 5.45. The molecular formula is C9H11BrN2O2.